The molecule has 0 bridgehead atoms. The number of unbranched alkanes of at least 4 members (excludes halogenated alkanes) is 7. The summed E-state index contributed by atoms with van der Waals surface area (Å²) in [5.74, 6) is 0.729. The Morgan fingerprint density at radius 3 is 1.95 bits per heavy atom. The highest BCUT2D eigenvalue weighted by molar-refractivity contribution is 5.19. The number of aryl methyl sites for hydroxylation is 1. The van der Waals surface area contributed by atoms with Gasteiger partial charge in [0.25, 0.3) is 0 Å². The van der Waals surface area contributed by atoms with Crippen molar-refractivity contribution in [2.75, 3.05) is 0 Å². The SMILES string of the molecule is CCCCCCCC(CCCCCC)c1c[nH]nc1C. The van der Waals surface area contributed by atoms with Crippen LogP contribution in [0, 0.1) is 6.92 Å². The predicted octanol–water partition coefficient (Wildman–Crippen LogP) is 6.13. The van der Waals surface area contributed by atoms with Gasteiger partial charge in [0, 0.05) is 6.20 Å². The quantitative estimate of drug-likeness (QED) is 0.457. The van der Waals surface area contributed by atoms with Gasteiger partial charge in [-0.05, 0) is 31.2 Å². The molecule has 0 aliphatic carbocycles. The van der Waals surface area contributed by atoms with Crippen LogP contribution in [-0.2, 0) is 0 Å². The molecule has 1 unspecified atom stereocenters. The molecule has 0 spiro atoms. The Bertz CT molecular complexity index is 330. The highest BCUT2D eigenvalue weighted by Gasteiger charge is 2.15. The summed E-state index contributed by atoms with van der Waals surface area (Å²) in [6.45, 7) is 6.71. The summed E-state index contributed by atoms with van der Waals surface area (Å²) in [4.78, 5) is 0. The average Bonchev–Trinajstić information content (AvgIpc) is 2.87. The number of aromatic amines is 1. The molecule has 1 atom stereocenters. The van der Waals surface area contributed by atoms with Crippen LogP contribution in [0.15, 0.2) is 6.20 Å². The number of hydrogen-bond acceptors (Lipinski definition) is 1. The summed E-state index contributed by atoms with van der Waals surface area (Å²) in [7, 11) is 0. The minimum Gasteiger partial charge on any atom is -0.285 e. The fraction of sp³-hybridized carbons (Fsp3) is 0.833. The molecule has 0 saturated heterocycles. The Balaban J connectivity index is 2.37. The van der Waals surface area contributed by atoms with Crippen LogP contribution in [0.25, 0.3) is 0 Å². The maximum absolute atomic E-state index is 4.31. The molecule has 2 heteroatoms. The fourth-order valence-electron chi connectivity index (χ4n) is 3.05. The van der Waals surface area contributed by atoms with Crippen molar-refractivity contribution in [2.24, 2.45) is 0 Å². The van der Waals surface area contributed by atoms with Crippen LogP contribution in [0.4, 0.5) is 0 Å². The van der Waals surface area contributed by atoms with Gasteiger partial charge in [-0.3, -0.25) is 5.10 Å². The first kappa shape index (κ1) is 17.3. The standard InChI is InChI=1S/C18H34N2/c1-4-6-8-10-12-14-17(13-11-9-7-5-2)18-15-19-20-16(18)3/h15,17H,4-14H2,1-3H3,(H,19,20). The van der Waals surface area contributed by atoms with Crippen molar-refractivity contribution in [3.63, 3.8) is 0 Å². The summed E-state index contributed by atoms with van der Waals surface area (Å²) >= 11 is 0. The summed E-state index contributed by atoms with van der Waals surface area (Å²) in [6, 6.07) is 0. The molecule has 1 aromatic heterocycles. The van der Waals surface area contributed by atoms with Gasteiger partial charge in [-0.2, -0.15) is 5.10 Å². The first-order valence-corrected chi connectivity index (χ1v) is 8.79. The lowest BCUT2D eigenvalue weighted by molar-refractivity contribution is 0.492. The molecular weight excluding hydrogens is 244 g/mol. The van der Waals surface area contributed by atoms with Crippen LogP contribution in [0.2, 0.25) is 0 Å². The maximum Gasteiger partial charge on any atom is 0.0625 e. The Hall–Kier alpha value is -0.790. The van der Waals surface area contributed by atoms with Gasteiger partial charge in [-0.1, -0.05) is 71.6 Å². The molecule has 1 heterocycles. The van der Waals surface area contributed by atoms with Crippen molar-refractivity contribution < 1.29 is 0 Å². The van der Waals surface area contributed by atoms with E-state index in [4.69, 9.17) is 0 Å². The van der Waals surface area contributed by atoms with Gasteiger partial charge < -0.3 is 0 Å². The zero-order valence-electron chi connectivity index (χ0n) is 13.9. The first-order chi connectivity index (χ1) is 9.79. The lowest BCUT2D eigenvalue weighted by Crippen LogP contribution is -2.00. The topological polar surface area (TPSA) is 28.7 Å². The molecule has 0 aliphatic heterocycles. The van der Waals surface area contributed by atoms with Crippen molar-refractivity contribution in [3.05, 3.63) is 17.5 Å². The van der Waals surface area contributed by atoms with E-state index < -0.39 is 0 Å². The zero-order chi connectivity index (χ0) is 14.6. The average molecular weight is 278 g/mol. The van der Waals surface area contributed by atoms with Crippen molar-refractivity contribution in [3.8, 4) is 0 Å². The summed E-state index contributed by atoms with van der Waals surface area (Å²) in [6.07, 6.45) is 17.2. The van der Waals surface area contributed by atoms with E-state index in [1.54, 1.807) is 0 Å². The third-order valence-corrected chi connectivity index (χ3v) is 4.37. The highest BCUT2D eigenvalue weighted by atomic mass is 15.1. The smallest absolute Gasteiger partial charge is 0.0625 e. The van der Waals surface area contributed by atoms with Gasteiger partial charge in [-0.15, -0.1) is 0 Å². The number of hydrogen-bond donors (Lipinski definition) is 1. The fourth-order valence-corrected chi connectivity index (χ4v) is 3.05. The maximum atomic E-state index is 4.31. The Kier molecular flexibility index (Phi) is 9.44. The van der Waals surface area contributed by atoms with E-state index >= 15 is 0 Å². The van der Waals surface area contributed by atoms with E-state index in [1.165, 1.54) is 81.9 Å². The monoisotopic (exact) mass is 278 g/mol. The van der Waals surface area contributed by atoms with Crippen LogP contribution in [0.1, 0.15) is 102 Å². The number of nitrogens with one attached hydrogen (secondary N) is 1. The highest BCUT2D eigenvalue weighted by Crippen LogP contribution is 2.29. The lowest BCUT2D eigenvalue weighted by Gasteiger charge is -2.16. The molecule has 116 valence electrons. The van der Waals surface area contributed by atoms with Gasteiger partial charge in [0.2, 0.25) is 0 Å². The molecule has 0 saturated carbocycles. The lowest BCUT2D eigenvalue weighted by atomic mass is 9.88. The van der Waals surface area contributed by atoms with Gasteiger partial charge >= 0.3 is 0 Å². The third-order valence-electron chi connectivity index (χ3n) is 4.37. The van der Waals surface area contributed by atoms with Gasteiger partial charge in [0.15, 0.2) is 0 Å². The van der Waals surface area contributed by atoms with Crippen LogP contribution in [-0.4, -0.2) is 10.2 Å². The minimum absolute atomic E-state index is 0.729. The number of nitrogens with zero attached hydrogens (tertiary/aromatic N) is 1. The van der Waals surface area contributed by atoms with Gasteiger partial charge in [0.05, 0.1) is 5.69 Å². The van der Waals surface area contributed by atoms with E-state index in [9.17, 15) is 0 Å². The van der Waals surface area contributed by atoms with E-state index in [0.717, 1.165) is 5.92 Å². The van der Waals surface area contributed by atoms with Crippen molar-refractivity contribution in [1.82, 2.24) is 10.2 Å². The Morgan fingerprint density at radius 1 is 0.900 bits per heavy atom. The molecule has 20 heavy (non-hydrogen) atoms. The predicted molar refractivity (Wildman–Crippen MR) is 88.2 cm³/mol. The Morgan fingerprint density at radius 2 is 1.45 bits per heavy atom. The van der Waals surface area contributed by atoms with Crippen LogP contribution in [0.3, 0.4) is 0 Å². The van der Waals surface area contributed by atoms with Crippen LogP contribution < -0.4 is 0 Å². The van der Waals surface area contributed by atoms with E-state index in [0.29, 0.717) is 0 Å². The van der Waals surface area contributed by atoms with Gasteiger partial charge in [-0.25, -0.2) is 0 Å². The molecule has 1 aromatic rings. The summed E-state index contributed by atoms with van der Waals surface area (Å²) < 4.78 is 0. The van der Waals surface area contributed by atoms with E-state index in [-0.39, 0.29) is 0 Å². The second-order valence-corrected chi connectivity index (χ2v) is 6.18. The number of H-pyrrole nitrogens is 1. The first-order valence-electron chi connectivity index (χ1n) is 8.79. The molecule has 1 N–H and O–H groups in total. The Labute approximate surface area is 125 Å². The molecule has 0 amide bonds. The van der Waals surface area contributed by atoms with Crippen LogP contribution >= 0.6 is 0 Å². The molecule has 0 radical (unpaired) electrons. The molecule has 2 nitrogen and oxygen atoms in total. The largest absolute Gasteiger partial charge is 0.285 e. The summed E-state index contributed by atoms with van der Waals surface area (Å²) in [5.41, 5.74) is 2.68. The van der Waals surface area contributed by atoms with E-state index in [1.807, 2.05) is 0 Å². The van der Waals surface area contributed by atoms with Crippen molar-refractivity contribution in [2.45, 2.75) is 97.3 Å². The third kappa shape index (κ3) is 6.58. The molecule has 0 fully saturated rings. The van der Waals surface area contributed by atoms with Crippen LogP contribution in [0.5, 0.6) is 0 Å². The van der Waals surface area contributed by atoms with Crippen molar-refractivity contribution in [1.29, 1.82) is 0 Å². The minimum atomic E-state index is 0.729. The molecule has 0 aliphatic rings. The van der Waals surface area contributed by atoms with Gasteiger partial charge in [0.1, 0.15) is 0 Å². The number of aromatic nitrogens is 2. The van der Waals surface area contributed by atoms with E-state index in [2.05, 4.69) is 37.2 Å². The number of rotatable bonds is 12. The second kappa shape index (κ2) is 10.9. The molecule has 0 aromatic carbocycles. The summed E-state index contributed by atoms with van der Waals surface area (Å²) in [5, 5.41) is 7.36. The molecular formula is C18H34N2. The zero-order valence-corrected chi connectivity index (χ0v) is 13.9. The molecule has 1 rings (SSSR count). The van der Waals surface area contributed by atoms with Crippen molar-refractivity contribution >= 4 is 0 Å². The second-order valence-electron chi connectivity index (χ2n) is 6.18. The normalized spacial score (nSPS) is 12.8.